The van der Waals surface area contributed by atoms with Crippen LogP contribution in [0.25, 0.3) is 0 Å². The van der Waals surface area contributed by atoms with Crippen LogP contribution >= 0.6 is 0 Å². The minimum absolute atomic E-state index is 0.207. The summed E-state index contributed by atoms with van der Waals surface area (Å²) in [4.78, 5) is 12.0. The van der Waals surface area contributed by atoms with E-state index in [0.29, 0.717) is 5.56 Å². The molecule has 0 saturated heterocycles. The van der Waals surface area contributed by atoms with E-state index in [1.54, 1.807) is 31.2 Å². The SMILES string of the molecule is Cc1ccccc1C(=O)Cn1ccc(C(F)(F)F)n1. The first-order valence-electron chi connectivity index (χ1n) is 5.57. The van der Waals surface area contributed by atoms with Gasteiger partial charge in [-0.2, -0.15) is 18.3 Å². The van der Waals surface area contributed by atoms with Gasteiger partial charge < -0.3 is 0 Å². The van der Waals surface area contributed by atoms with Crippen molar-refractivity contribution >= 4 is 5.78 Å². The van der Waals surface area contributed by atoms with E-state index in [9.17, 15) is 18.0 Å². The molecule has 0 bridgehead atoms. The van der Waals surface area contributed by atoms with Crippen LogP contribution in [0.1, 0.15) is 21.6 Å². The molecular formula is C13H11F3N2O. The Balaban J connectivity index is 2.16. The summed E-state index contributed by atoms with van der Waals surface area (Å²) in [7, 11) is 0. The number of hydrogen-bond acceptors (Lipinski definition) is 2. The van der Waals surface area contributed by atoms with Crippen molar-refractivity contribution < 1.29 is 18.0 Å². The summed E-state index contributed by atoms with van der Waals surface area (Å²) in [5, 5.41) is 3.35. The molecule has 0 atom stereocenters. The average molecular weight is 268 g/mol. The number of nitrogens with zero attached hydrogens (tertiary/aromatic N) is 2. The fourth-order valence-corrected chi connectivity index (χ4v) is 1.72. The summed E-state index contributed by atoms with van der Waals surface area (Å²) in [6.07, 6.45) is -3.34. The Morgan fingerprint density at radius 2 is 1.95 bits per heavy atom. The van der Waals surface area contributed by atoms with E-state index in [0.717, 1.165) is 22.5 Å². The minimum Gasteiger partial charge on any atom is -0.292 e. The second kappa shape index (κ2) is 4.87. The number of aromatic nitrogens is 2. The Kier molecular flexibility index (Phi) is 3.42. The topological polar surface area (TPSA) is 34.9 Å². The quantitative estimate of drug-likeness (QED) is 0.802. The molecule has 0 saturated carbocycles. The van der Waals surface area contributed by atoms with Crippen molar-refractivity contribution in [2.24, 2.45) is 0 Å². The standard InChI is InChI=1S/C13H11F3N2O/c1-9-4-2-3-5-10(9)11(19)8-18-7-6-12(17-18)13(14,15)16/h2-7H,8H2,1H3. The van der Waals surface area contributed by atoms with Crippen LogP contribution in [0.2, 0.25) is 0 Å². The molecule has 19 heavy (non-hydrogen) atoms. The van der Waals surface area contributed by atoms with E-state index in [2.05, 4.69) is 5.10 Å². The maximum atomic E-state index is 12.4. The van der Waals surface area contributed by atoms with Crippen LogP contribution < -0.4 is 0 Å². The van der Waals surface area contributed by atoms with E-state index in [-0.39, 0.29) is 12.3 Å². The van der Waals surface area contributed by atoms with Gasteiger partial charge in [-0.25, -0.2) is 0 Å². The van der Waals surface area contributed by atoms with Crippen LogP contribution in [0.5, 0.6) is 0 Å². The monoisotopic (exact) mass is 268 g/mol. The summed E-state index contributed by atoms with van der Waals surface area (Å²) in [5.74, 6) is -0.269. The molecule has 0 radical (unpaired) electrons. The molecule has 2 aromatic rings. The zero-order valence-electron chi connectivity index (χ0n) is 10.1. The normalized spacial score (nSPS) is 11.6. The van der Waals surface area contributed by atoms with Gasteiger partial charge in [0.05, 0.1) is 0 Å². The van der Waals surface area contributed by atoms with Gasteiger partial charge in [0.1, 0.15) is 6.54 Å². The number of benzene rings is 1. The van der Waals surface area contributed by atoms with Gasteiger partial charge in [0.2, 0.25) is 0 Å². The lowest BCUT2D eigenvalue weighted by atomic mass is 10.1. The van der Waals surface area contributed by atoms with Gasteiger partial charge in [-0.1, -0.05) is 24.3 Å². The third-order valence-electron chi connectivity index (χ3n) is 2.68. The number of Topliss-reactive ketones (excluding diaryl/α,β-unsaturated/α-hetero) is 1. The van der Waals surface area contributed by atoms with Crippen molar-refractivity contribution in [3.63, 3.8) is 0 Å². The van der Waals surface area contributed by atoms with E-state index in [1.165, 1.54) is 0 Å². The van der Waals surface area contributed by atoms with Gasteiger partial charge in [-0.05, 0) is 18.6 Å². The number of alkyl halides is 3. The van der Waals surface area contributed by atoms with E-state index in [4.69, 9.17) is 0 Å². The zero-order chi connectivity index (χ0) is 14.0. The average Bonchev–Trinajstić information content (AvgIpc) is 2.77. The van der Waals surface area contributed by atoms with E-state index >= 15 is 0 Å². The Labute approximate surface area is 107 Å². The van der Waals surface area contributed by atoms with Crippen molar-refractivity contribution in [3.8, 4) is 0 Å². The number of rotatable bonds is 3. The molecule has 0 aliphatic rings. The fourth-order valence-electron chi connectivity index (χ4n) is 1.72. The molecule has 100 valence electrons. The van der Waals surface area contributed by atoms with Gasteiger partial charge in [0.15, 0.2) is 11.5 Å². The molecular weight excluding hydrogens is 257 g/mol. The summed E-state index contributed by atoms with van der Waals surface area (Å²) in [6, 6.07) is 7.78. The van der Waals surface area contributed by atoms with Crippen molar-refractivity contribution in [2.45, 2.75) is 19.6 Å². The summed E-state index contributed by atoms with van der Waals surface area (Å²) >= 11 is 0. The summed E-state index contributed by atoms with van der Waals surface area (Å²) in [6.45, 7) is 1.57. The lowest BCUT2D eigenvalue weighted by molar-refractivity contribution is -0.141. The molecule has 1 aromatic carbocycles. The predicted octanol–water partition coefficient (Wildman–Crippen LogP) is 3.09. The van der Waals surface area contributed by atoms with Crippen molar-refractivity contribution in [2.75, 3.05) is 0 Å². The molecule has 0 aliphatic heterocycles. The maximum absolute atomic E-state index is 12.4. The van der Waals surface area contributed by atoms with E-state index < -0.39 is 11.9 Å². The molecule has 0 spiro atoms. The molecule has 0 N–H and O–H groups in total. The predicted molar refractivity (Wildman–Crippen MR) is 62.7 cm³/mol. The third-order valence-corrected chi connectivity index (χ3v) is 2.68. The van der Waals surface area contributed by atoms with Crippen LogP contribution in [0.4, 0.5) is 13.2 Å². The second-order valence-electron chi connectivity index (χ2n) is 4.13. The first-order chi connectivity index (χ1) is 8.88. The third kappa shape index (κ3) is 3.01. The van der Waals surface area contributed by atoms with Gasteiger partial charge in [-0.15, -0.1) is 0 Å². The Morgan fingerprint density at radius 1 is 1.26 bits per heavy atom. The molecule has 6 heteroatoms. The second-order valence-corrected chi connectivity index (χ2v) is 4.13. The van der Waals surface area contributed by atoms with Crippen LogP contribution in [-0.2, 0) is 12.7 Å². The minimum atomic E-state index is -4.49. The van der Waals surface area contributed by atoms with Crippen LogP contribution in [0.3, 0.4) is 0 Å². The highest BCUT2D eigenvalue weighted by Crippen LogP contribution is 2.27. The Bertz CT molecular complexity index is 602. The highest BCUT2D eigenvalue weighted by molar-refractivity contribution is 5.97. The first-order valence-corrected chi connectivity index (χ1v) is 5.57. The lowest BCUT2D eigenvalue weighted by Crippen LogP contribution is -2.14. The molecule has 0 fully saturated rings. The van der Waals surface area contributed by atoms with Crippen LogP contribution in [-0.4, -0.2) is 15.6 Å². The smallest absolute Gasteiger partial charge is 0.292 e. The number of hydrogen-bond donors (Lipinski definition) is 0. The molecule has 3 nitrogen and oxygen atoms in total. The van der Waals surface area contributed by atoms with Gasteiger partial charge >= 0.3 is 6.18 Å². The van der Waals surface area contributed by atoms with Gasteiger partial charge in [0.25, 0.3) is 0 Å². The highest BCUT2D eigenvalue weighted by Gasteiger charge is 2.33. The number of carbonyl (C=O) groups excluding carboxylic acids is 1. The zero-order valence-corrected chi connectivity index (χ0v) is 10.1. The number of ketones is 1. The maximum Gasteiger partial charge on any atom is 0.435 e. The summed E-state index contributed by atoms with van der Waals surface area (Å²) in [5.41, 5.74) is 0.285. The largest absolute Gasteiger partial charge is 0.435 e. The van der Waals surface area contributed by atoms with E-state index in [1.807, 2.05) is 0 Å². The number of halogens is 3. The van der Waals surface area contributed by atoms with Crippen LogP contribution in [0.15, 0.2) is 36.5 Å². The van der Waals surface area contributed by atoms with Gasteiger partial charge in [0, 0.05) is 11.8 Å². The summed E-state index contributed by atoms with van der Waals surface area (Å²) < 4.78 is 38.1. The highest BCUT2D eigenvalue weighted by atomic mass is 19.4. The van der Waals surface area contributed by atoms with Crippen molar-refractivity contribution in [1.82, 2.24) is 9.78 Å². The number of aryl methyl sites for hydroxylation is 1. The molecule has 0 aliphatic carbocycles. The molecule has 0 unspecified atom stereocenters. The molecule has 1 aromatic heterocycles. The lowest BCUT2D eigenvalue weighted by Gasteiger charge is -2.05. The van der Waals surface area contributed by atoms with Crippen molar-refractivity contribution in [3.05, 3.63) is 53.3 Å². The number of carbonyl (C=O) groups is 1. The molecule has 2 rings (SSSR count). The van der Waals surface area contributed by atoms with Gasteiger partial charge in [-0.3, -0.25) is 9.48 Å². The first kappa shape index (κ1) is 13.3. The Morgan fingerprint density at radius 3 is 2.53 bits per heavy atom. The molecule has 0 amide bonds. The Hall–Kier alpha value is -2.11. The van der Waals surface area contributed by atoms with Crippen LogP contribution in [0, 0.1) is 6.92 Å². The molecule has 1 heterocycles. The van der Waals surface area contributed by atoms with Crippen molar-refractivity contribution in [1.29, 1.82) is 0 Å². The fraction of sp³-hybridized carbons (Fsp3) is 0.231.